The third-order valence-electron chi connectivity index (χ3n) is 4.66. The van der Waals surface area contributed by atoms with Gasteiger partial charge in [0.2, 0.25) is 11.8 Å². The summed E-state index contributed by atoms with van der Waals surface area (Å²) in [6.07, 6.45) is 3.47. The van der Waals surface area contributed by atoms with Crippen LogP contribution in [-0.2, 0) is 22.4 Å². The van der Waals surface area contributed by atoms with Crippen molar-refractivity contribution in [1.82, 2.24) is 20.6 Å². The van der Waals surface area contributed by atoms with E-state index in [4.69, 9.17) is 5.73 Å². The summed E-state index contributed by atoms with van der Waals surface area (Å²) in [6.45, 7) is 0. The number of benzene rings is 2. The minimum absolute atomic E-state index is 0.170. The average molecular weight is 531 g/mol. The molecule has 3 amide bonds. The van der Waals surface area contributed by atoms with Gasteiger partial charge in [-0.15, -0.1) is 0 Å². The monoisotopic (exact) mass is 531 g/mol. The Hall–Kier alpha value is -3.21. The topological polar surface area (TPSA) is 130 Å². The van der Waals surface area contributed by atoms with Crippen LogP contribution in [0, 0.1) is 3.57 Å². The molecule has 0 unspecified atom stereocenters. The summed E-state index contributed by atoms with van der Waals surface area (Å²) in [7, 11) is 0. The van der Waals surface area contributed by atoms with Crippen LogP contribution in [0.5, 0.6) is 0 Å². The number of aromatic nitrogens is 2. The summed E-state index contributed by atoms with van der Waals surface area (Å²) in [5, 5.41) is 5.47. The van der Waals surface area contributed by atoms with Crippen LogP contribution in [0.25, 0.3) is 0 Å². The van der Waals surface area contributed by atoms with E-state index in [9.17, 15) is 14.4 Å². The molecule has 3 rings (SSSR count). The average Bonchev–Trinajstić information content (AvgIpc) is 3.27. The number of hydrogen-bond acceptors (Lipinski definition) is 4. The van der Waals surface area contributed by atoms with Gasteiger partial charge in [-0.25, -0.2) is 4.98 Å². The number of rotatable bonds is 9. The van der Waals surface area contributed by atoms with E-state index < -0.39 is 23.9 Å². The molecular formula is C22H22IN5O3. The van der Waals surface area contributed by atoms with E-state index in [0.29, 0.717) is 11.3 Å². The highest BCUT2D eigenvalue weighted by molar-refractivity contribution is 14.1. The molecule has 1 aromatic heterocycles. The zero-order valence-electron chi connectivity index (χ0n) is 16.5. The largest absolute Gasteiger partial charge is 0.368 e. The molecule has 0 aliphatic carbocycles. The Morgan fingerprint density at radius 1 is 0.968 bits per heavy atom. The minimum Gasteiger partial charge on any atom is -0.368 e. The van der Waals surface area contributed by atoms with Gasteiger partial charge in [0.05, 0.1) is 11.9 Å². The number of H-pyrrole nitrogens is 1. The van der Waals surface area contributed by atoms with Gasteiger partial charge in [0.15, 0.2) is 0 Å². The zero-order valence-corrected chi connectivity index (χ0v) is 18.7. The molecular weight excluding hydrogens is 509 g/mol. The second-order valence-corrected chi connectivity index (χ2v) is 8.10. The van der Waals surface area contributed by atoms with Crippen molar-refractivity contribution in [2.45, 2.75) is 24.9 Å². The van der Waals surface area contributed by atoms with Crippen LogP contribution in [0.1, 0.15) is 21.6 Å². The Morgan fingerprint density at radius 2 is 1.68 bits per heavy atom. The van der Waals surface area contributed by atoms with Gasteiger partial charge in [-0.05, 0) is 40.3 Å². The highest BCUT2D eigenvalue weighted by atomic mass is 127. The molecule has 0 aliphatic heterocycles. The molecule has 0 saturated heterocycles. The number of nitrogens with one attached hydrogen (secondary N) is 3. The zero-order chi connectivity index (χ0) is 22.2. The van der Waals surface area contributed by atoms with E-state index >= 15 is 0 Å². The van der Waals surface area contributed by atoms with Crippen molar-refractivity contribution in [2.24, 2.45) is 5.73 Å². The van der Waals surface area contributed by atoms with Gasteiger partial charge >= 0.3 is 0 Å². The van der Waals surface area contributed by atoms with E-state index in [0.717, 1.165) is 9.13 Å². The Morgan fingerprint density at radius 3 is 2.32 bits per heavy atom. The number of hydrogen-bond donors (Lipinski definition) is 4. The molecule has 0 spiro atoms. The Kier molecular flexibility index (Phi) is 7.76. The number of nitrogens with two attached hydrogens (primary N) is 1. The molecule has 1 heterocycles. The first-order valence-electron chi connectivity index (χ1n) is 9.60. The third kappa shape index (κ3) is 6.38. The van der Waals surface area contributed by atoms with Gasteiger partial charge in [-0.1, -0.05) is 42.5 Å². The number of nitrogens with zero attached hydrogens (tertiary/aromatic N) is 1. The number of amides is 3. The van der Waals surface area contributed by atoms with Gasteiger partial charge in [-0.2, -0.15) is 0 Å². The standard InChI is InChI=1S/C22H22IN5O3/c23-17-9-5-4-8-16(17)21(30)28-19(10-14-6-2-1-3-7-14)22(31)27-18(20(24)29)11-15-12-25-13-26-15/h1-9,12-13,18-19H,10-11H2,(H2,24,29)(H,25,26)(H,27,31)(H,28,30)/t18-,19-/m0/s1. The fraction of sp³-hybridized carbons (Fsp3) is 0.182. The molecule has 0 bridgehead atoms. The predicted octanol–water partition coefficient (Wildman–Crippen LogP) is 1.57. The first kappa shape index (κ1) is 22.5. The van der Waals surface area contributed by atoms with Crippen LogP contribution in [0.2, 0.25) is 0 Å². The van der Waals surface area contributed by atoms with Crippen molar-refractivity contribution in [1.29, 1.82) is 0 Å². The first-order valence-corrected chi connectivity index (χ1v) is 10.7. The fourth-order valence-electron chi connectivity index (χ4n) is 3.05. The van der Waals surface area contributed by atoms with Crippen molar-refractivity contribution in [2.75, 3.05) is 0 Å². The molecule has 0 saturated carbocycles. The van der Waals surface area contributed by atoms with Crippen LogP contribution in [-0.4, -0.2) is 39.8 Å². The van der Waals surface area contributed by atoms with Crippen LogP contribution < -0.4 is 16.4 Å². The van der Waals surface area contributed by atoms with Crippen LogP contribution in [0.3, 0.4) is 0 Å². The second kappa shape index (κ2) is 10.7. The summed E-state index contributed by atoms with van der Waals surface area (Å²) in [6, 6.07) is 14.6. The number of imidazole rings is 1. The molecule has 8 nitrogen and oxygen atoms in total. The van der Waals surface area contributed by atoms with Crippen molar-refractivity contribution in [3.63, 3.8) is 0 Å². The molecule has 2 atom stereocenters. The molecule has 5 N–H and O–H groups in total. The maximum Gasteiger partial charge on any atom is 0.253 e. The van der Waals surface area contributed by atoms with Crippen molar-refractivity contribution >= 4 is 40.3 Å². The Bertz CT molecular complexity index is 1040. The summed E-state index contributed by atoms with van der Waals surface area (Å²) in [5.74, 6) is -1.54. The lowest BCUT2D eigenvalue weighted by Crippen LogP contribution is -2.54. The van der Waals surface area contributed by atoms with Gasteiger partial charge in [-0.3, -0.25) is 14.4 Å². The highest BCUT2D eigenvalue weighted by Crippen LogP contribution is 2.12. The first-order chi connectivity index (χ1) is 14.9. The SMILES string of the molecule is NC(=O)[C@H](Cc1cnc[nH]1)NC(=O)[C@H](Cc1ccccc1)NC(=O)c1ccccc1I. The molecule has 0 radical (unpaired) electrons. The Balaban J connectivity index is 1.78. The fourth-order valence-corrected chi connectivity index (χ4v) is 3.68. The molecule has 160 valence electrons. The minimum atomic E-state index is -0.944. The quantitative estimate of drug-likeness (QED) is 0.313. The molecule has 0 aliphatic rings. The van der Waals surface area contributed by atoms with E-state index in [-0.39, 0.29) is 18.7 Å². The van der Waals surface area contributed by atoms with E-state index in [1.165, 1.54) is 6.33 Å². The maximum atomic E-state index is 13.1. The smallest absolute Gasteiger partial charge is 0.253 e. The van der Waals surface area contributed by atoms with Gasteiger partial charge in [0.1, 0.15) is 12.1 Å². The lowest BCUT2D eigenvalue weighted by atomic mass is 10.0. The molecule has 9 heteroatoms. The number of primary amides is 1. The van der Waals surface area contributed by atoms with Gasteiger partial charge < -0.3 is 21.4 Å². The number of carbonyl (C=O) groups excluding carboxylic acids is 3. The summed E-state index contributed by atoms with van der Waals surface area (Å²) in [4.78, 5) is 44.6. The second-order valence-electron chi connectivity index (χ2n) is 6.94. The maximum absolute atomic E-state index is 13.1. The van der Waals surface area contributed by atoms with Crippen molar-refractivity contribution in [3.05, 3.63) is 87.5 Å². The molecule has 2 aromatic carbocycles. The molecule has 0 fully saturated rings. The molecule has 3 aromatic rings. The summed E-state index contributed by atoms with van der Waals surface area (Å²) >= 11 is 2.07. The summed E-state index contributed by atoms with van der Waals surface area (Å²) < 4.78 is 0.769. The normalized spacial score (nSPS) is 12.5. The number of halogens is 1. The highest BCUT2D eigenvalue weighted by Gasteiger charge is 2.27. The van der Waals surface area contributed by atoms with Gasteiger partial charge in [0.25, 0.3) is 5.91 Å². The van der Waals surface area contributed by atoms with Gasteiger partial charge in [0, 0.05) is 28.3 Å². The summed E-state index contributed by atoms with van der Waals surface area (Å²) in [5.41, 5.74) is 7.49. The van der Waals surface area contributed by atoms with E-state index in [1.54, 1.807) is 18.3 Å². The molecule has 31 heavy (non-hydrogen) atoms. The predicted molar refractivity (Wildman–Crippen MR) is 124 cm³/mol. The van der Waals surface area contributed by atoms with Crippen molar-refractivity contribution in [3.8, 4) is 0 Å². The van der Waals surface area contributed by atoms with E-state index in [1.807, 2.05) is 42.5 Å². The third-order valence-corrected chi connectivity index (χ3v) is 5.60. The van der Waals surface area contributed by atoms with Crippen molar-refractivity contribution < 1.29 is 14.4 Å². The Labute approximate surface area is 193 Å². The van der Waals surface area contributed by atoms with Crippen LogP contribution >= 0.6 is 22.6 Å². The lowest BCUT2D eigenvalue weighted by Gasteiger charge is -2.22. The number of carbonyl (C=O) groups is 3. The van der Waals surface area contributed by atoms with Crippen LogP contribution in [0.15, 0.2) is 67.1 Å². The lowest BCUT2D eigenvalue weighted by molar-refractivity contribution is -0.128. The van der Waals surface area contributed by atoms with E-state index in [2.05, 4.69) is 43.2 Å². The van der Waals surface area contributed by atoms with Crippen LogP contribution in [0.4, 0.5) is 0 Å². The number of aromatic amines is 1.